The molecule has 0 radical (unpaired) electrons. The molecule has 3 aliphatic rings. The van der Waals surface area contributed by atoms with Crippen LogP contribution in [0.5, 0.6) is 11.5 Å². The van der Waals surface area contributed by atoms with Crippen LogP contribution in [0.3, 0.4) is 0 Å². The summed E-state index contributed by atoms with van der Waals surface area (Å²) in [4.78, 5) is 3.56. The Kier molecular flexibility index (Phi) is 17.0. The Morgan fingerprint density at radius 1 is 0.921 bits per heavy atom. The fourth-order valence-electron chi connectivity index (χ4n) is 10.8. The fraction of sp³-hybridized carbons (Fsp3) is 0.577. The molecule has 0 aliphatic heterocycles. The van der Waals surface area contributed by atoms with Crippen LogP contribution in [0, 0.1) is 17.8 Å². The number of fused-ring (bicyclic) bond motifs is 3. The van der Waals surface area contributed by atoms with E-state index in [9.17, 15) is 30.6 Å². The number of aryl methyl sites for hydroxylation is 4. The quantitative estimate of drug-likeness (QED) is 0.0313. The second kappa shape index (κ2) is 22.8. The summed E-state index contributed by atoms with van der Waals surface area (Å²) in [6.07, 6.45) is 17.2. The molecule has 7 rings (SSSR count). The van der Waals surface area contributed by atoms with E-state index in [1.165, 1.54) is 18.4 Å². The number of aliphatic hydroxyl groups is 5. The fourth-order valence-corrected chi connectivity index (χ4v) is 10.8. The van der Waals surface area contributed by atoms with Gasteiger partial charge in [-0.1, -0.05) is 74.6 Å². The van der Waals surface area contributed by atoms with Gasteiger partial charge in [-0.25, -0.2) is 0 Å². The lowest BCUT2D eigenvalue weighted by molar-refractivity contribution is 0.103. The Morgan fingerprint density at radius 3 is 2.59 bits per heavy atom. The Labute approximate surface area is 373 Å². The van der Waals surface area contributed by atoms with E-state index in [1.807, 2.05) is 42.5 Å². The van der Waals surface area contributed by atoms with E-state index >= 15 is 0 Å². The van der Waals surface area contributed by atoms with Gasteiger partial charge in [-0.05, 0) is 123 Å². The number of benzene rings is 2. The molecule has 0 saturated heterocycles. The van der Waals surface area contributed by atoms with E-state index in [4.69, 9.17) is 14.9 Å². The van der Waals surface area contributed by atoms with Gasteiger partial charge in [0, 0.05) is 66.9 Å². The van der Waals surface area contributed by atoms with Crippen molar-refractivity contribution in [2.45, 2.75) is 153 Å². The molecule has 0 spiro atoms. The van der Waals surface area contributed by atoms with Crippen molar-refractivity contribution >= 4 is 6.08 Å². The first-order valence-electron chi connectivity index (χ1n) is 23.9. The van der Waals surface area contributed by atoms with Crippen LogP contribution in [0.4, 0.5) is 0 Å². The van der Waals surface area contributed by atoms with Gasteiger partial charge in [0.25, 0.3) is 0 Å². The number of aromatic hydroxyl groups is 1. The highest BCUT2D eigenvalue weighted by molar-refractivity contribution is 5.57. The molecule has 2 heterocycles. The van der Waals surface area contributed by atoms with Crippen molar-refractivity contribution < 1.29 is 39.8 Å². The van der Waals surface area contributed by atoms with E-state index < -0.39 is 18.3 Å². The second-order valence-corrected chi connectivity index (χ2v) is 18.8. The first kappa shape index (κ1) is 47.0. The van der Waals surface area contributed by atoms with E-state index in [1.54, 1.807) is 13.0 Å². The van der Waals surface area contributed by atoms with Crippen LogP contribution in [0.15, 0.2) is 65.1 Å². The van der Waals surface area contributed by atoms with Crippen molar-refractivity contribution in [2.75, 3.05) is 19.8 Å². The van der Waals surface area contributed by atoms with Crippen molar-refractivity contribution in [1.82, 2.24) is 10.3 Å². The molecule has 0 amide bonds. The lowest BCUT2D eigenvalue weighted by atomic mass is 9.75. The molecule has 1 saturated carbocycles. The van der Waals surface area contributed by atoms with Crippen LogP contribution >= 0.6 is 0 Å². The largest absolute Gasteiger partial charge is 0.504 e. The third-order valence-corrected chi connectivity index (χ3v) is 14.1. The molecule has 3 aliphatic carbocycles. The molecule has 0 bridgehead atoms. The van der Waals surface area contributed by atoms with Crippen LogP contribution in [-0.4, -0.2) is 73.6 Å². The molecule has 11 heteroatoms. The zero-order valence-corrected chi connectivity index (χ0v) is 37.3. The summed E-state index contributed by atoms with van der Waals surface area (Å²) in [6, 6.07) is 17.5. The summed E-state index contributed by atoms with van der Waals surface area (Å²) >= 11 is 0. The number of hydrogen-bond donors (Lipinski definition) is 9. The topological polar surface area (TPSA) is 198 Å². The maximum atomic E-state index is 11.4. The zero-order valence-electron chi connectivity index (χ0n) is 37.3. The standard InChI is InChI=1S/C52H73N3O8/c1-33(58)30-54-45(15-9-25-56)51-41-14-8-11-35(41)21-23-44-43(51)29-46(55-44)48(60)32-62-50-26-34(18-24-47(50)59)17-22-40-28-38(31-57)49(63-40)16-5-3-2-4-12-39(53)27-37-20-19-36-10-6-7-13-42(36)52(37)61/h6-7,10,13,18-20,24,26,28-29,33,35,37,39,41,45,48,51-52,54-61H,2-5,8-9,11-12,14-17,21-23,25,27,30-32,53H2,1H3. The van der Waals surface area contributed by atoms with Gasteiger partial charge in [0.05, 0.1) is 18.8 Å². The van der Waals surface area contributed by atoms with Crippen LogP contribution < -0.4 is 15.8 Å². The summed E-state index contributed by atoms with van der Waals surface area (Å²) in [7, 11) is 0. The number of furan rings is 1. The number of aliphatic hydroxyl groups excluding tert-OH is 5. The number of nitrogens with one attached hydrogen (secondary N) is 2. The van der Waals surface area contributed by atoms with Gasteiger partial charge in [-0.2, -0.15) is 0 Å². The van der Waals surface area contributed by atoms with Gasteiger partial charge in [0.1, 0.15) is 24.2 Å². The third kappa shape index (κ3) is 12.2. The van der Waals surface area contributed by atoms with Crippen LogP contribution in [-0.2, 0) is 32.3 Å². The number of rotatable bonds is 24. The number of aromatic amines is 1. The van der Waals surface area contributed by atoms with Gasteiger partial charge >= 0.3 is 0 Å². The van der Waals surface area contributed by atoms with Crippen molar-refractivity contribution in [3.8, 4) is 11.5 Å². The van der Waals surface area contributed by atoms with Gasteiger partial charge < -0.3 is 55.8 Å². The summed E-state index contributed by atoms with van der Waals surface area (Å²) in [5.41, 5.74) is 13.4. The lowest BCUT2D eigenvalue weighted by Crippen LogP contribution is -2.42. The molecule has 4 aromatic rings. The summed E-state index contributed by atoms with van der Waals surface area (Å²) in [5, 5.41) is 66.7. The molecule has 10 N–H and O–H groups in total. The first-order valence-corrected chi connectivity index (χ1v) is 23.9. The molecule has 11 nitrogen and oxygen atoms in total. The number of unbranched alkanes of at least 4 members (excludes halogenated alkanes) is 3. The SMILES string of the molecule is CC(O)CNC(CCCO)C1c2cc(C(O)COc3cc(CCc4cc(CO)c(CCCCCCC(N)CC5C=Cc6ccccc6C5O)o4)ccc3O)[nH]c2CCC2CCCC21. The highest BCUT2D eigenvalue weighted by atomic mass is 16.5. The Hall–Kier alpha value is -3.94. The smallest absolute Gasteiger partial charge is 0.161 e. The minimum absolute atomic E-state index is 0.00707. The van der Waals surface area contributed by atoms with E-state index in [2.05, 4.69) is 28.5 Å². The monoisotopic (exact) mass is 868 g/mol. The van der Waals surface area contributed by atoms with Gasteiger partial charge in [0.2, 0.25) is 0 Å². The normalized spacial score (nSPS) is 22.5. The summed E-state index contributed by atoms with van der Waals surface area (Å²) in [5.74, 6) is 3.36. The predicted octanol–water partition coefficient (Wildman–Crippen LogP) is 7.85. The zero-order chi connectivity index (χ0) is 44.3. The van der Waals surface area contributed by atoms with E-state index in [0.29, 0.717) is 49.1 Å². The van der Waals surface area contributed by atoms with Crippen molar-refractivity contribution in [3.63, 3.8) is 0 Å². The molecule has 2 aromatic carbocycles. The lowest BCUT2D eigenvalue weighted by Gasteiger charge is -2.35. The molecule has 63 heavy (non-hydrogen) atoms. The molecule has 1 fully saturated rings. The number of H-pyrrole nitrogens is 1. The maximum absolute atomic E-state index is 11.4. The second-order valence-electron chi connectivity index (χ2n) is 18.8. The molecular formula is C52H73N3O8. The minimum atomic E-state index is -0.935. The Bertz CT molecular complexity index is 2060. The molecule has 2 aromatic heterocycles. The number of aromatic nitrogens is 1. The predicted molar refractivity (Wildman–Crippen MR) is 246 cm³/mol. The van der Waals surface area contributed by atoms with Crippen molar-refractivity contribution in [3.05, 3.63) is 111 Å². The number of phenols is 1. The molecule has 9 atom stereocenters. The number of phenolic OH excluding ortho intramolecular Hbond substituents is 1. The van der Waals surface area contributed by atoms with Crippen LogP contribution in [0.25, 0.3) is 6.08 Å². The summed E-state index contributed by atoms with van der Waals surface area (Å²) in [6.45, 7) is 2.30. The Morgan fingerprint density at radius 2 is 1.76 bits per heavy atom. The van der Waals surface area contributed by atoms with Crippen molar-refractivity contribution in [1.29, 1.82) is 0 Å². The van der Waals surface area contributed by atoms with Crippen molar-refractivity contribution in [2.24, 2.45) is 23.5 Å². The average Bonchev–Trinajstić information content (AvgIpc) is 4.02. The average molecular weight is 868 g/mol. The molecule has 344 valence electrons. The maximum Gasteiger partial charge on any atom is 0.161 e. The Balaban J connectivity index is 0.877. The number of hydrogen-bond acceptors (Lipinski definition) is 10. The van der Waals surface area contributed by atoms with Gasteiger partial charge in [-0.15, -0.1) is 0 Å². The highest BCUT2D eigenvalue weighted by Crippen LogP contribution is 2.49. The minimum Gasteiger partial charge on any atom is -0.504 e. The van der Waals surface area contributed by atoms with Gasteiger partial charge in [-0.3, -0.25) is 0 Å². The number of nitrogens with two attached hydrogens (primary N) is 1. The molecule has 9 unspecified atom stereocenters. The van der Waals surface area contributed by atoms with Crippen LogP contribution in [0.2, 0.25) is 0 Å². The van der Waals surface area contributed by atoms with Crippen LogP contribution in [0.1, 0.15) is 153 Å². The molecular weight excluding hydrogens is 795 g/mol. The summed E-state index contributed by atoms with van der Waals surface area (Å²) < 4.78 is 12.3. The third-order valence-electron chi connectivity index (χ3n) is 14.1. The van der Waals surface area contributed by atoms with E-state index in [-0.39, 0.29) is 49.5 Å². The van der Waals surface area contributed by atoms with Gasteiger partial charge in [0.15, 0.2) is 11.5 Å². The van der Waals surface area contributed by atoms with E-state index in [0.717, 1.165) is 110 Å². The first-order chi connectivity index (χ1) is 30.6. The number of ether oxygens (including phenoxy) is 1. The highest BCUT2D eigenvalue weighted by Gasteiger charge is 2.42.